The van der Waals surface area contributed by atoms with Crippen LogP contribution in [-0.2, 0) is 10.0 Å². The predicted octanol–water partition coefficient (Wildman–Crippen LogP) is 2.58. The summed E-state index contributed by atoms with van der Waals surface area (Å²) in [4.78, 5) is 18.0. The van der Waals surface area contributed by atoms with Crippen molar-refractivity contribution in [3.8, 4) is 17.1 Å². The number of nitrogens with zero attached hydrogens (tertiary/aromatic N) is 1. The molecule has 4 rings (SSSR count). The number of hydrogen-bond acceptors (Lipinski definition) is 6. The van der Waals surface area contributed by atoms with Crippen molar-refractivity contribution in [2.75, 3.05) is 27.2 Å². The molecular weight excluding hydrogens is 428 g/mol. The van der Waals surface area contributed by atoms with E-state index in [9.17, 15) is 18.3 Å². The molecule has 0 fully saturated rings. The summed E-state index contributed by atoms with van der Waals surface area (Å²) in [6, 6.07) is 12.9. The Morgan fingerprint density at radius 3 is 2.34 bits per heavy atom. The summed E-state index contributed by atoms with van der Waals surface area (Å²) in [5, 5.41) is 18.9. The van der Waals surface area contributed by atoms with Crippen molar-refractivity contribution >= 4 is 21.5 Å². The topological polar surface area (TPSA) is 126 Å². The number of ketones is 1. The average molecular weight is 453 g/mol. The fraction of sp³-hybridized carbons (Fsp3) is 0.217. The van der Waals surface area contributed by atoms with E-state index in [4.69, 9.17) is 5.41 Å². The van der Waals surface area contributed by atoms with Gasteiger partial charge in [-0.15, -0.1) is 0 Å². The number of H-pyrrole nitrogens is 1. The van der Waals surface area contributed by atoms with Crippen molar-refractivity contribution < 1.29 is 18.3 Å². The Hall–Kier alpha value is -3.27. The molecule has 0 amide bonds. The summed E-state index contributed by atoms with van der Waals surface area (Å²) >= 11 is 0. The van der Waals surface area contributed by atoms with Crippen LogP contribution in [0.25, 0.3) is 11.3 Å². The number of rotatable bonds is 7. The molecule has 0 bridgehead atoms. The Balaban J connectivity index is 1.64. The minimum absolute atomic E-state index is 0.0660. The summed E-state index contributed by atoms with van der Waals surface area (Å²) in [7, 11) is 0.193. The van der Waals surface area contributed by atoms with Gasteiger partial charge in [-0.3, -0.25) is 10.2 Å². The van der Waals surface area contributed by atoms with Gasteiger partial charge in [-0.2, -0.15) is 0 Å². The molecule has 4 N–H and O–H groups in total. The highest BCUT2D eigenvalue weighted by atomic mass is 32.2. The molecule has 0 radical (unpaired) electrons. The zero-order chi connectivity index (χ0) is 23.0. The van der Waals surface area contributed by atoms with Crippen LogP contribution in [-0.4, -0.2) is 62.1 Å². The number of nitrogens with one attached hydrogen (secondary N) is 3. The molecule has 1 aliphatic rings. The zero-order valence-corrected chi connectivity index (χ0v) is 18.6. The van der Waals surface area contributed by atoms with Crippen LogP contribution < -0.4 is 4.72 Å². The SMILES string of the molecule is CN(C)CCCNS(=O)(=O)c1ccc(-c2[nH]c(O)c3c2C(=O)c2ccccc2C3=N)cc1. The summed E-state index contributed by atoms with van der Waals surface area (Å²) in [6.45, 7) is 1.10. The number of sulfonamides is 1. The lowest BCUT2D eigenvalue weighted by Crippen LogP contribution is -2.27. The molecule has 0 atom stereocenters. The molecule has 32 heavy (non-hydrogen) atoms. The highest BCUT2D eigenvalue weighted by molar-refractivity contribution is 7.89. The van der Waals surface area contributed by atoms with Gasteiger partial charge in [0.05, 0.1) is 27.4 Å². The number of aromatic hydroxyl groups is 1. The molecule has 2 aromatic carbocycles. The van der Waals surface area contributed by atoms with Crippen LogP contribution in [0.5, 0.6) is 5.88 Å². The van der Waals surface area contributed by atoms with Crippen LogP contribution >= 0.6 is 0 Å². The van der Waals surface area contributed by atoms with Crippen molar-refractivity contribution in [1.82, 2.24) is 14.6 Å². The third-order valence-corrected chi connectivity index (χ3v) is 6.90. The zero-order valence-electron chi connectivity index (χ0n) is 17.8. The van der Waals surface area contributed by atoms with Crippen molar-refractivity contribution in [2.45, 2.75) is 11.3 Å². The maximum absolute atomic E-state index is 13.1. The normalized spacial score (nSPS) is 13.3. The molecule has 0 aliphatic heterocycles. The van der Waals surface area contributed by atoms with Crippen LogP contribution in [0.2, 0.25) is 0 Å². The van der Waals surface area contributed by atoms with Gasteiger partial charge in [-0.25, -0.2) is 13.1 Å². The van der Waals surface area contributed by atoms with E-state index in [1.807, 2.05) is 19.0 Å². The second-order valence-corrected chi connectivity index (χ2v) is 9.69. The van der Waals surface area contributed by atoms with Crippen molar-refractivity contribution in [2.24, 2.45) is 0 Å². The van der Waals surface area contributed by atoms with E-state index in [0.717, 1.165) is 6.54 Å². The Morgan fingerprint density at radius 1 is 1.03 bits per heavy atom. The third kappa shape index (κ3) is 3.86. The van der Waals surface area contributed by atoms with E-state index in [-0.39, 0.29) is 33.4 Å². The fourth-order valence-electron chi connectivity index (χ4n) is 3.83. The van der Waals surface area contributed by atoms with E-state index >= 15 is 0 Å². The molecule has 166 valence electrons. The number of aromatic amines is 1. The Morgan fingerprint density at radius 2 is 1.69 bits per heavy atom. The molecule has 1 heterocycles. The third-order valence-electron chi connectivity index (χ3n) is 5.43. The summed E-state index contributed by atoms with van der Waals surface area (Å²) in [5.41, 5.74) is 2.18. The first kappa shape index (κ1) is 21.9. The summed E-state index contributed by atoms with van der Waals surface area (Å²) < 4.78 is 27.7. The Kier molecular flexibility index (Phi) is 5.72. The number of carbonyl (C=O) groups is 1. The number of aromatic nitrogens is 1. The number of fused-ring (bicyclic) bond motifs is 2. The minimum atomic E-state index is -3.66. The number of benzene rings is 2. The fourth-order valence-corrected chi connectivity index (χ4v) is 4.90. The molecule has 0 saturated heterocycles. The first-order valence-corrected chi connectivity index (χ1v) is 11.6. The number of hydrogen-bond donors (Lipinski definition) is 4. The maximum Gasteiger partial charge on any atom is 0.240 e. The molecule has 8 nitrogen and oxygen atoms in total. The lowest BCUT2D eigenvalue weighted by molar-refractivity contribution is 0.103. The van der Waals surface area contributed by atoms with Crippen LogP contribution in [0.1, 0.15) is 33.5 Å². The van der Waals surface area contributed by atoms with Crippen molar-refractivity contribution in [3.05, 3.63) is 70.8 Å². The van der Waals surface area contributed by atoms with Crippen molar-refractivity contribution in [1.29, 1.82) is 5.41 Å². The molecule has 9 heteroatoms. The first-order chi connectivity index (χ1) is 15.2. The second kappa shape index (κ2) is 8.34. The lowest BCUT2D eigenvalue weighted by atomic mass is 9.84. The quantitative estimate of drug-likeness (QED) is 0.321. The standard InChI is InChI=1S/C23H24N4O4S/c1-27(2)13-5-12-25-32(30,31)15-10-8-14(9-11-15)21-19-18(23(29)26-21)20(24)16-6-3-4-7-17(16)22(19)28/h3-4,6-11,24-26,29H,5,12-13H2,1-2H3. The van der Waals surface area contributed by atoms with Gasteiger partial charge < -0.3 is 15.0 Å². The molecule has 0 saturated carbocycles. The Bertz CT molecular complexity index is 1310. The van der Waals surface area contributed by atoms with E-state index < -0.39 is 10.0 Å². The second-order valence-electron chi connectivity index (χ2n) is 7.93. The van der Waals surface area contributed by atoms with Gasteiger partial charge in [0.25, 0.3) is 0 Å². The maximum atomic E-state index is 13.1. The molecule has 0 spiro atoms. The van der Waals surface area contributed by atoms with Crippen molar-refractivity contribution in [3.63, 3.8) is 0 Å². The molecule has 3 aromatic rings. The minimum Gasteiger partial charge on any atom is -0.494 e. The van der Waals surface area contributed by atoms with E-state index in [0.29, 0.717) is 35.3 Å². The van der Waals surface area contributed by atoms with Gasteiger partial charge in [-0.05, 0) is 44.8 Å². The van der Waals surface area contributed by atoms with Crippen LogP contribution in [0.15, 0.2) is 53.4 Å². The summed E-state index contributed by atoms with van der Waals surface area (Å²) in [5.74, 6) is -0.556. The largest absolute Gasteiger partial charge is 0.494 e. The van der Waals surface area contributed by atoms with Gasteiger partial charge in [0.2, 0.25) is 10.0 Å². The monoisotopic (exact) mass is 452 g/mol. The summed E-state index contributed by atoms with van der Waals surface area (Å²) in [6.07, 6.45) is 0.688. The van der Waals surface area contributed by atoms with Crippen LogP contribution in [0.3, 0.4) is 0 Å². The molecule has 1 aliphatic carbocycles. The van der Waals surface area contributed by atoms with E-state index in [1.165, 1.54) is 12.1 Å². The first-order valence-electron chi connectivity index (χ1n) is 10.1. The van der Waals surface area contributed by atoms with Gasteiger partial charge in [0.1, 0.15) is 0 Å². The van der Waals surface area contributed by atoms with Crippen LogP contribution in [0, 0.1) is 5.41 Å². The number of carbonyl (C=O) groups excluding carboxylic acids is 1. The molecule has 1 aromatic heterocycles. The highest BCUT2D eigenvalue weighted by Gasteiger charge is 2.34. The molecule has 0 unspecified atom stereocenters. The predicted molar refractivity (Wildman–Crippen MR) is 122 cm³/mol. The Labute approximate surface area is 186 Å². The molecular formula is C23H24N4O4S. The highest BCUT2D eigenvalue weighted by Crippen LogP contribution is 2.39. The smallest absolute Gasteiger partial charge is 0.240 e. The average Bonchev–Trinajstić information content (AvgIpc) is 3.12. The lowest BCUT2D eigenvalue weighted by Gasteiger charge is -2.17. The van der Waals surface area contributed by atoms with Crippen LogP contribution in [0.4, 0.5) is 0 Å². The van der Waals surface area contributed by atoms with Gasteiger partial charge in [0.15, 0.2) is 11.7 Å². The van der Waals surface area contributed by atoms with E-state index in [1.54, 1.807) is 36.4 Å². The van der Waals surface area contributed by atoms with E-state index in [2.05, 4.69) is 9.71 Å². The van der Waals surface area contributed by atoms with Gasteiger partial charge in [0, 0.05) is 17.7 Å². The van der Waals surface area contributed by atoms with Gasteiger partial charge in [-0.1, -0.05) is 36.4 Å². The van der Waals surface area contributed by atoms with Gasteiger partial charge >= 0.3 is 0 Å².